The first-order valence-corrected chi connectivity index (χ1v) is 7.63. The Bertz CT molecular complexity index is 365. The summed E-state index contributed by atoms with van der Waals surface area (Å²) in [5, 5.41) is 6.00. The van der Waals surface area contributed by atoms with Crippen LogP contribution in [0.3, 0.4) is 0 Å². The van der Waals surface area contributed by atoms with Gasteiger partial charge in [0, 0.05) is 26.7 Å². The quantitative estimate of drug-likeness (QED) is 0.682. The fourth-order valence-corrected chi connectivity index (χ4v) is 2.42. The van der Waals surface area contributed by atoms with Crippen molar-refractivity contribution in [2.45, 2.75) is 5.25 Å². The Morgan fingerprint density at radius 2 is 1.95 bits per heavy atom. The van der Waals surface area contributed by atoms with Gasteiger partial charge in [-0.2, -0.15) is 0 Å². The maximum absolute atomic E-state index is 12.1. The average Bonchev–Trinajstić information content (AvgIpc) is 2.45. The first kappa shape index (κ1) is 19.2. The molecule has 1 aromatic rings. The predicted molar refractivity (Wildman–Crippen MR) is 87.7 cm³/mol. The van der Waals surface area contributed by atoms with Crippen molar-refractivity contribution in [1.29, 1.82) is 0 Å². The molecule has 0 saturated heterocycles. The summed E-state index contributed by atoms with van der Waals surface area (Å²) in [6.07, 6.45) is 1.95. The van der Waals surface area contributed by atoms with Gasteiger partial charge in [-0.25, -0.2) is 0 Å². The second-order valence-electron chi connectivity index (χ2n) is 4.06. The van der Waals surface area contributed by atoms with Crippen LogP contribution in [0.15, 0.2) is 30.3 Å². The van der Waals surface area contributed by atoms with E-state index >= 15 is 0 Å². The molecule has 0 saturated carbocycles. The molecule has 2 N–H and O–H groups in total. The maximum Gasteiger partial charge on any atom is 0.237 e. The standard InChI is InChI=1S/C14H22N2O2S.ClH/c1-18-11-10-15-8-9-16-14(17)13(19-2)12-6-4-3-5-7-12;/h3-7,13,15H,8-11H2,1-2H3,(H,16,17);1H. The zero-order valence-electron chi connectivity index (χ0n) is 11.9. The second-order valence-corrected chi connectivity index (χ2v) is 5.00. The first-order chi connectivity index (χ1) is 9.29. The van der Waals surface area contributed by atoms with E-state index in [0.29, 0.717) is 13.2 Å². The summed E-state index contributed by atoms with van der Waals surface area (Å²) in [6.45, 7) is 2.87. The maximum atomic E-state index is 12.1. The highest BCUT2D eigenvalue weighted by atomic mass is 35.5. The molecular weight excluding hydrogens is 296 g/mol. The minimum absolute atomic E-state index is 0. The Morgan fingerprint density at radius 3 is 2.55 bits per heavy atom. The van der Waals surface area contributed by atoms with E-state index in [9.17, 15) is 4.79 Å². The van der Waals surface area contributed by atoms with Gasteiger partial charge >= 0.3 is 0 Å². The Kier molecular flexibility index (Phi) is 11.6. The van der Waals surface area contributed by atoms with Gasteiger partial charge in [-0.05, 0) is 11.8 Å². The van der Waals surface area contributed by atoms with Gasteiger partial charge in [-0.15, -0.1) is 24.2 Å². The fourth-order valence-electron chi connectivity index (χ4n) is 1.69. The molecular formula is C14H23ClN2O2S. The molecule has 20 heavy (non-hydrogen) atoms. The van der Waals surface area contributed by atoms with Crippen LogP contribution >= 0.6 is 24.2 Å². The molecule has 0 aromatic heterocycles. The van der Waals surface area contributed by atoms with Gasteiger partial charge in [0.15, 0.2) is 0 Å². The highest BCUT2D eigenvalue weighted by Gasteiger charge is 2.18. The Labute approximate surface area is 131 Å². The van der Waals surface area contributed by atoms with Crippen molar-refractivity contribution < 1.29 is 9.53 Å². The van der Waals surface area contributed by atoms with Crippen molar-refractivity contribution in [3.8, 4) is 0 Å². The molecule has 4 nitrogen and oxygen atoms in total. The van der Waals surface area contributed by atoms with E-state index in [2.05, 4.69) is 10.6 Å². The topological polar surface area (TPSA) is 50.4 Å². The largest absolute Gasteiger partial charge is 0.383 e. The highest BCUT2D eigenvalue weighted by Crippen LogP contribution is 2.26. The average molecular weight is 319 g/mol. The van der Waals surface area contributed by atoms with E-state index in [1.165, 1.54) is 0 Å². The van der Waals surface area contributed by atoms with Gasteiger partial charge in [0.25, 0.3) is 0 Å². The summed E-state index contributed by atoms with van der Waals surface area (Å²) >= 11 is 1.55. The third kappa shape index (κ3) is 7.14. The van der Waals surface area contributed by atoms with Crippen molar-refractivity contribution in [2.24, 2.45) is 0 Å². The third-order valence-corrected chi connectivity index (χ3v) is 3.62. The normalized spacial score (nSPS) is 11.5. The van der Waals surface area contributed by atoms with Crippen LogP contribution in [0.4, 0.5) is 0 Å². The van der Waals surface area contributed by atoms with Crippen LogP contribution in [-0.4, -0.2) is 45.5 Å². The number of carbonyl (C=O) groups excluding carboxylic acids is 1. The van der Waals surface area contributed by atoms with E-state index in [0.717, 1.165) is 18.7 Å². The number of methoxy groups -OCH3 is 1. The smallest absolute Gasteiger partial charge is 0.237 e. The number of benzene rings is 1. The molecule has 1 aromatic carbocycles. The summed E-state index contributed by atoms with van der Waals surface area (Å²) in [4.78, 5) is 12.1. The Morgan fingerprint density at radius 1 is 1.25 bits per heavy atom. The lowest BCUT2D eigenvalue weighted by Gasteiger charge is -2.15. The van der Waals surface area contributed by atoms with E-state index in [-0.39, 0.29) is 23.6 Å². The van der Waals surface area contributed by atoms with E-state index in [4.69, 9.17) is 4.74 Å². The SMILES string of the molecule is COCCNCCNC(=O)C(SC)c1ccccc1.Cl. The highest BCUT2D eigenvalue weighted by molar-refractivity contribution is 7.99. The molecule has 0 radical (unpaired) electrons. The van der Waals surface area contributed by atoms with E-state index < -0.39 is 0 Å². The zero-order valence-corrected chi connectivity index (χ0v) is 13.6. The van der Waals surface area contributed by atoms with Crippen molar-refractivity contribution >= 4 is 30.1 Å². The number of thioether (sulfide) groups is 1. The fraction of sp³-hybridized carbons (Fsp3) is 0.500. The minimum Gasteiger partial charge on any atom is -0.383 e. The molecule has 0 heterocycles. The molecule has 0 aliphatic carbocycles. The number of halogens is 1. The number of nitrogens with one attached hydrogen (secondary N) is 2. The van der Waals surface area contributed by atoms with Gasteiger partial charge in [0.2, 0.25) is 5.91 Å². The van der Waals surface area contributed by atoms with Gasteiger partial charge in [-0.3, -0.25) is 4.79 Å². The summed E-state index contributed by atoms with van der Waals surface area (Å²) in [7, 11) is 1.67. The molecule has 0 spiro atoms. The van der Waals surface area contributed by atoms with Crippen LogP contribution in [0.1, 0.15) is 10.8 Å². The van der Waals surface area contributed by atoms with E-state index in [1.807, 2.05) is 36.6 Å². The van der Waals surface area contributed by atoms with Crippen LogP contribution in [-0.2, 0) is 9.53 Å². The van der Waals surface area contributed by atoms with Gasteiger partial charge in [0.05, 0.1) is 6.61 Å². The molecule has 6 heteroatoms. The van der Waals surface area contributed by atoms with Crippen LogP contribution in [0.2, 0.25) is 0 Å². The molecule has 1 atom stereocenters. The second kappa shape index (κ2) is 12.0. The van der Waals surface area contributed by atoms with Gasteiger partial charge in [-0.1, -0.05) is 30.3 Å². The Hall–Kier alpha value is -0.750. The van der Waals surface area contributed by atoms with Gasteiger partial charge in [0.1, 0.15) is 5.25 Å². The molecule has 1 unspecified atom stereocenters. The summed E-state index contributed by atoms with van der Waals surface area (Å²) in [5.41, 5.74) is 1.04. The first-order valence-electron chi connectivity index (χ1n) is 6.34. The molecule has 0 bridgehead atoms. The molecule has 114 valence electrons. The summed E-state index contributed by atoms with van der Waals surface area (Å²) < 4.78 is 4.93. The number of rotatable bonds is 9. The lowest BCUT2D eigenvalue weighted by Crippen LogP contribution is -2.35. The van der Waals surface area contributed by atoms with Crippen molar-refractivity contribution in [3.05, 3.63) is 35.9 Å². The summed E-state index contributed by atoms with van der Waals surface area (Å²) in [6, 6.07) is 9.84. The summed E-state index contributed by atoms with van der Waals surface area (Å²) in [5.74, 6) is 0.0623. The zero-order chi connectivity index (χ0) is 13.9. The number of carbonyl (C=O) groups is 1. The number of hydrogen-bond acceptors (Lipinski definition) is 4. The van der Waals surface area contributed by atoms with Crippen LogP contribution in [0.5, 0.6) is 0 Å². The van der Waals surface area contributed by atoms with Gasteiger partial charge < -0.3 is 15.4 Å². The number of hydrogen-bond donors (Lipinski definition) is 2. The van der Waals surface area contributed by atoms with Crippen molar-refractivity contribution in [2.75, 3.05) is 39.6 Å². The molecule has 0 aliphatic rings. The minimum atomic E-state index is -0.139. The molecule has 1 amide bonds. The van der Waals surface area contributed by atoms with Crippen LogP contribution < -0.4 is 10.6 Å². The number of amides is 1. The van der Waals surface area contributed by atoms with Crippen molar-refractivity contribution in [1.82, 2.24) is 10.6 Å². The number of ether oxygens (including phenoxy) is 1. The lowest BCUT2D eigenvalue weighted by atomic mass is 10.1. The molecule has 1 rings (SSSR count). The predicted octanol–water partition coefficient (Wildman–Crippen LogP) is 1.86. The molecule has 0 aliphatic heterocycles. The monoisotopic (exact) mass is 318 g/mol. The Balaban J connectivity index is 0.00000361. The molecule has 0 fully saturated rings. The lowest BCUT2D eigenvalue weighted by molar-refractivity contribution is -0.120. The van der Waals surface area contributed by atoms with Crippen LogP contribution in [0.25, 0.3) is 0 Å². The van der Waals surface area contributed by atoms with E-state index in [1.54, 1.807) is 18.9 Å². The third-order valence-electron chi connectivity index (χ3n) is 2.66. The van der Waals surface area contributed by atoms with Crippen LogP contribution in [0, 0.1) is 0 Å². The van der Waals surface area contributed by atoms with Crippen molar-refractivity contribution in [3.63, 3.8) is 0 Å².